The lowest BCUT2D eigenvalue weighted by molar-refractivity contribution is -0.150. The molecular formula is C21H24FN3O7S. The first-order chi connectivity index (χ1) is 15.5. The lowest BCUT2D eigenvalue weighted by Gasteiger charge is -2.20. The molecule has 0 heterocycles. The Labute approximate surface area is 190 Å². The number of esters is 1. The standard InChI is InChI=1S/C21H24FN3O7S/c1-13(2)19(25-33(29,30)17-7-5-4-6-16(17)22)20(27)32-12-18(26)24-21(28)23-14-8-10-15(31-3)11-9-14/h4-11,13,19,25H,12H2,1-3H3,(H2,23,24,26,28). The summed E-state index contributed by atoms with van der Waals surface area (Å²) in [6.07, 6.45) is 0. The van der Waals surface area contributed by atoms with Gasteiger partial charge in [0, 0.05) is 5.69 Å². The minimum absolute atomic E-state index is 0.389. The van der Waals surface area contributed by atoms with E-state index in [1.165, 1.54) is 33.1 Å². The van der Waals surface area contributed by atoms with Crippen molar-refractivity contribution >= 4 is 33.6 Å². The maximum absolute atomic E-state index is 13.9. The Morgan fingerprint density at radius 3 is 2.24 bits per heavy atom. The van der Waals surface area contributed by atoms with Gasteiger partial charge in [-0.25, -0.2) is 17.6 Å². The van der Waals surface area contributed by atoms with Crippen molar-refractivity contribution in [2.24, 2.45) is 5.92 Å². The van der Waals surface area contributed by atoms with Crippen LogP contribution >= 0.6 is 0 Å². The largest absolute Gasteiger partial charge is 0.497 e. The number of carbonyl (C=O) groups is 3. The van der Waals surface area contributed by atoms with Crippen LogP contribution < -0.4 is 20.1 Å². The van der Waals surface area contributed by atoms with Crippen molar-refractivity contribution in [3.8, 4) is 5.75 Å². The average molecular weight is 482 g/mol. The number of hydrogen-bond donors (Lipinski definition) is 3. The number of sulfonamides is 1. The smallest absolute Gasteiger partial charge is 0.325 e. The van der Waals surface area contributed by atoms with Crippen molar-refractivity contribution in [3.05, 3.63) is 54.3 Å². The summed E-state index contributed by atoms with van der Waals surface area (Å²) in [5, 5.41) is 4.39. The van der Waals surface area contributed by atoms with E-state index in [9.17, 15) is 27.2 Å². The number of urea groups is 1. The molecule has 0 aliphatic heterocycles. The SMILES string of the molecule is COc1ccc(NC(=O)NC(=O)COC(=O)C(NS(=O)(=O)c2ccccc2F)C(C)C)cc1. The molecule has 0 fully saturated rings. The predicted octanol–water partition coefficient (Wildman–Crippen LogP) is 2.03. The van der Waals surface area contributed by atoms with Gasteiger partial charge in [-0.2, -0.15) is 4.72 Å². The summed E-state index contributed by atoms with van der Waals surface area (Å²) in [5.74, 6) is -2.98. The van der Waals surface area contributed by atoms with Gasteiger partial charge < -0.3 is 14.8 Å². The fraction of sp³-hybridized carbons (Fsp3) is 0.286. The summed E-state index contributed by atoms with van der Waals surface area (Å²) in [6, 6.07) is 8.75. The van der Waals surface area contributed by atoms with Gasteiger partial charge in [-0.1, -0.05) is 26.0 Å². The monoisotopic (exact) mass is 481 g/mol. The molecule has 0 spiro atoms. The molecule has 0 bridgehead atoms. The van der Waals surface area contributed by atoms with Gasteiger partial charge in [0.15, 0.2) is 6.61 Å². The Morgan fingerprint density at radius 1 is 1.03 bits per heavy atom. The van der Waals surface area contributed by atoms with Crippen molar-refractivity contribution < 1.29 is 36.7 Å². The number of benzene rings is 2. The van der Waals surface area contributed by atoms with Crippen LogP contribution in [0.2, 0.25) is 0 Å². The maximum Gasteiger partial charge on any atom is 0.325 e. The molecule has 33 heavy (non-hydrogen) atoms. The van der Waals surface area contributed by atoms with Gasteiger partial charge in [-0.05, 0) is 42.3 Å². The second kappa shape index (κ2) is 11.4. The third-order valence-corrected chi connectivity index (χ3v) is 5.75. The number of ether oxygens (including phenoxy) is 2. The normalized spacial score (nSPS) is 12.0. The molecular weight excluding hydrogens is 457 g/mol. The number of nitrogens with one attached hydrogen (secondary N) is 3. The molecule has 10 nitrogen and oxygen atoms in total. The van der Waals surface area contributed by atoms with E-state index in [-0.39, 0.29) is 0 Å². The number of hydrogen-bond acceptors (Lipinski definition) is 7. The molecule has 0 aliphatic carbocycles. The van der Waals surface area contributed by atoms with Gasteiger partial charge in [0.25, 0.3) is 5.91 Å². The highest BCUT2D eigenvalue weighted by molar-refractivity contribution is 7.89. The summed E-state index contributed by atoms with van der Waals surface area (Å²) in [7, 11) is -2.89. The predicted molar refractivity (Wildman–Crippen MR) is 116 cm³/mol. The van der Waals surface area contributed by atoms with E-state index in [2.05, 4.69) is 10.0 Å². The molecule has 3 amide bonds. The molecule has 12 heteroatoms. The van der Waals surface area contributed by atoms with E-state index in [1.807, 2.05) is 5.32 Å². The Kier molecular flexibility index (Phi) is 8.88. The molecule has 3 N–H and O–H groups in total. The third-order valence-electron chi connectivity index (χ3n) is 4.28. The lowest BCUT2D eigenvalue weighted by atomic mass is 10.1. The number of amides is 3. The lowest BCUT2D eigenvalue weighted by Crippen LogP contribution is -2.46. The summed E-state index contributed by atoms with van der Waals surface area (Å²) < 4.78 is 50.8. The van der Waals surface area contributed by atoms with E-state index in [0.717, 1.165) is 12.1 Å². The average Bonchev–Trinajstić information content (AvgIpc) is 2.76. The molecule has 178 valence electrons. The highest BCUT2D eigenvalue weighted by Gasteiger charge is 2.31. The third kappa shape index (κ3) is 7.54. The number of rotatable bonds is 9. The van der Waals surface area contributed by atoms with Crippen LogP contribution in [0.15, 0.2) is 53.4 Å². The topological polar surface area (TPSA) is 140 Å². The van der Waals surface area contributed by atoms with Gasteiger partial charge >= 0.3 is 12.0 Å². The van der Waals surface area contributed by atoms with Crippen LogP contribution in [0.1, 0.15) is 13.8 Å². The molecule has 2 rings (SSSR count). The Hall–Kier alpha value is -3.51. The molecule has 1 unspecified atom stereocenters. The number of carbonyl (C=O) groups excluding carboxylic acids is 3. The fourth-order valence-electron chi connectivity index (χ4n) is 2.58. The Morgan fingerprint density at radius 2 is 1.67 bits per heavy atom. The Bertz CT molecular complexity index is 1110. The first-order valence-corrected chi connectivity index (χ1v) is 11.2. The van der Waals surface area contributed by atoms with Crippen molar-refractivity contribution in [1.29, 1.82) is 0 Å². The van der Waals surface area contributed by atoms with E-state index in [1.54, 1.807) is 24.3 Å². The zero-order chi connectivity index (χ0) is 24.6. The van der Waals surface area contributed by atoms with Crippen LogP contribution in [0.5, 0.6) is 5.75 Å². The van der Waals surface area contributed by atoms with Crippen LogP contribution in [-0.4, -0.2) is 46.1 Å². The first-order valence-electron chi connectivity index (χ1n) is 9.72. The maximum atomic E-state index is 13.9. The minimum Gasteiger partial charge on any atom is -0.497 e. The van der Waals surface area contributed by atoms with Gasteiger partial charge in [-0.15, -0.1) is 0 Å². The fourth-order valence-corrected chi connectivity index (χ4v) is 3.99. The van der Waals surface area contributed by atoms with Gasteiger partial charge in [0.2, 0.25) is 10.0 Å². The van der Waals surface area contributed by atoms with Crippen LogP contribution in [0.4, 0.5) is 14.9 Å². The second-order valence-electron chi connectivity index (χ2n) is 7.11. The molecule has 2 aromatic carbocycles. The zero-order valence-corrected chi connectivity index (χ0v) is 18.9. The van der Waals surface area contributed by atoms with Crippen LogP contribution in [0.3, 0.4) is 0 Å². The summed E-state index contributed by atoms with van der Waals surface area (Å²) in [4.78, 5) is 35.6. The highest BCUT2D eigenvalue weighted by atomic mass is 32.2. The van der Waals surface area contributed by atoms with Crippen LogP contribution in [0, 0.1) is 11.7 Å². The summed E-state index contributed by atoms with van der Waals surface area (Å²) >= 11 is 0. The van der Waals surface area contributed by atoms with E-state index < -0.39 is 57.2 Å². The quantitative estimate of drug-likeness (QED) is 0.466. The molecule has 0 aromatic heterocycles. The minimum atomic E-state index is -4.38. The van der Waals surface area contributed by atoms with E-state index in [0.29, 0.717) is 11.4 Å². The molecule has 0 aliphatic rings. The van der Waals surface area contributed by atoms with E-state index in [4.69, 9.17) is 9.47 Å². The number of halogens is 1. The van der Waals surface area contributed by atoms with Gasteiger partial charge in [0.05, 0.1) is 7.11 Å². The summed E-state index contributed by atoms with van der Waals surface area (Å²) in [6.45, 7) is 2.25. The van der Waals surface area contributed by atoms with Crippen molar-refractivity contribution in [2.45, 2.75) is 24.8 Å². The molecule has 2 aromatic rings. The van der Waals surface area contributed by atoms with Crippen molar-refractivity contribution in [1.82, 2.24) is 10.0 Å². The van der Waals surface area contributed by atoms with Gasteiger partial charge in [-0.3, -0.25) is 14.9 Å². The van der Waals surface area contributed by atoms with Crippen molar-refractivity contribution in [3.63, 3.8) is 0 Å². The first kappa shape index (κ1) is 25.7. The van der Waals surface area contributed by atoms with Crippen LogP contribution in [0.25, 0.3) is 0 Å². The van der Waals surface area contributed by atoms with Gasteiger partial charge in [0.1, 0.15) is 22.5 Å². The van der Waals surface area contributed by atoms with Crippen molar-refractivity contribution in [2.75, 3.05) is 19.0 Å². The zero-order valence-electron chi connectivity index (χ0n) is 18.1. The highest BCUT2D eigenvalue weighted by Crippen LogP contribution is 2.16. The molecule has 0 radical (unpaired) electrons. The number of methoxy groups -OCH3 is 1. The number of anilines is 1. The summed E-state index contributed by atoms with van der Waals surface area (Å²) in [5.41, 5.74) is 0.389. The Balaban J connectivity index is 1.92. The molecule has 0 saturated heterocycles. The molecule has 0 saturated carbocycles. The van der Waals surface area contributed by atoms with E-state index >= 15 is 0 Å². The van der Waals surface area contributed by atoms with Crippen LogP contribution in [-0.2, 0) is 24.3 Å². The second-order valence-corrected chi connectivity index (χ2v) is 8.79. The number of imide groups is 1. The molecule has 1 atom stereocenters.